The van der Waals surface area contributed by atoms with Gasteiger partial charge in [0.2, 0.25) is 0 Å². The fourth-order valence-corrected chi connectivity index (χ4v) is 18.7. The largest absolute Gasteiger partial charge is 0.285 e. The van der Waals surface area contributed by atoms with Crippen molar-refractivity contribution in [3.8, 4) is 0 Å². The molecule has 0 aromatic rings. The van der Waals surface area contributed by atoms with Crippen LogP contribution in [-0.2, 0) is 100 Å². The Kier molecular flexibility index (Phi) is 64.0. The lowest BCUT2D eigenvalue weighted by Crippen LogP contribution is -2.56. The topological polar surface area (TPSA) is 559 Å². The van der Waals surface area contributed by atoms with Crippen molar-refractivity contribution in [2.24, 2.45) is 0 Å². The van der Waals surface area contributed by atoms with Gasteiger partial charge in [0, 0.05) is 54.5 Å². The third kappa shape index (κ3) is 70.4. The van der Waals surface area contributed by atoms with E-state index in [0.29, 0.717) is 40.1 Å². The Morgan fingerprint density at radius 1 is 0.431 bits per heavy atom. The number of hydrogen-bond donors (Lipinski definition) is 12. The van der Waals surface area contributed by atoms with Crippen LogP contribution in [0.2, 0.25) is 0 Å². The molecule has 2 rings (SSSR count). The molecule has 0 heterocycles. The molecule has 0 spiro atoms. The van der Waals surface area contributed by atoms with Gasteiger partial charge < -0.3 is 0 Å². The molecule has 2 aliphatic carbocycles. The lowest BCUT2D eigenvalue weighted by atomic mass is 9.84. The van der Waals surface area contributed by atoms with E-state index in [9.17, 15) is 84.2 Å². The summed E-state index contributed by atoms with van der Waals surface area (Å²) < 4.78 is 272. The summed E-state index contributed by atoms with van der Waals surface area (Å²) in [7, 11) is -36.9. The first-order valence-corrected chi connectivity index (χ1v) is 52.5. The second-order valence-electron chi connectivity index (χ2n) is 27.5. The molecule has 0 aromatic heterocycles. The van der Waals surface area contributed by atoms with Gasteiger partial charge in [-0.05, 0) is 299 Å². The zero-order valence-electron chi connectivity index (χ0n) is 62.1. The zero-order valence-corrected chi connectivity index (χ0v) is 81.6. The molecule has 670 valence electrons. The molecule has 12 N–H and O–H groups in total. The number of nitrogens with zero attached hydrogens (tertiary/aromatic N) is 5. The van der Waals surface area contributed by atoms with E-state index in [0.717, 1.165) is 56.6 Å². The van der Waals surface area contributed by atoms with Gasteiger partial charge in [0.25, 0.3) is 70.8 Å². The van der Waals surface area contributed by atoms with Gasteiger partial charge in [0.15, 0.2) is 0 Å². The fourth-order valence-electron chi connectivity index (χ4n) is 7.06. The lowest BCUT2D eigenvalue weighted by Gasteiger charge is -2.40. The Morgan fingerprint density at radius 2 is 0.798 bits per heavy atom. The van der Waals surface area contributed by atoms with Crippen molar-refractivity contribution in [1.29, 1.82) is 0 Å². The third-order valence-electron chi connectivity index (χ3n) is 14.5. The summed E-state index contributed by atoms with van der Waals surface area (Å²) in [5.74, 6) is -1.90. The number of rotatable bonds is 30. The van der Waals surface area contributed by atoms with Gasteiger partial charge in [0.05, 0.1) is 68.7 Å². The van der Waals surface area contributed by atoms with Crippen molar-refractivity contribution in [1.82, 2.24) is 43.9 Å². The molecule has 0 aliphatic heterocycles. The molecule has 0 bridgehead atoms. The van der Waals surface area contributed by atoms with E-state index in [1.807, 2.05) is 0 Å². The Bertz CT molecular complexity index is 3780. The molecule has 62 heteroatoms. The van der Waals surface area contributed by atoms with Crippen LogP contribution in [0.15, 0.2) is 0 Å². The SMILES string of the molecule is CC(C)(CS(=O)(=O)O)N(Cl)Cl.CC(C)(CS(C)(=O)=O)NCl.CC(C)(N(Cl)Cl)C(C)(C)S(=O)(=O)O.CC(C)(NCl)C(C)(C)S(=O)(=O)O.CC(CS(=O)(=O)O)N(Cl)Cl.CC(CS(=O)(=O)O)NCl.CS(=O)(=O)CCN(Cl)Cl.CS(=O)(=O)CCNCl.O=S(=O)(O)CC1(N(Cl)Cl)CCCCC1.O=S(=O)(O)CC1(NCl)CCCCC1. The van der Waals surface area contributed by atoms with E-state index in [1.54, 1.807) is 34.6 Å². The van der Waals surface area contributed by atoms with Gasteiger partial charge in [-0.15, -0.1) is 19.7 Å². The Hall–Kier alpha value is 3.17. The van der Waals surface area contributed by atoms with Crippen LogP contribution in [0.5, 0.6) is 0 Å². The first kappa shape index (κ1) is 128. The Morgan fingerprint density at radius 3 is 0.954 bits per heavy atom. The van der Waals surface area contributed by atoms with Crippen molar-refractivity contribution in [3.05, 3.63) is 0 Å². The van der Waals surface area contributed by atoms with Crippen molar-refractivity contribution >= 4 is 277 Å². The van der Waals surface area contributed by atoms with Crippen molar-refractivity contribution in [2.45, 2.75) is 216 Å². The number of hydrogen-bond acceptors (Lipinski definition) is 30. The molecule has 0 aromatic carbocycles. The van der Waals surface area contributed by atoms with Crippen LogP contribution in [0.4, 0.5) is 0 Å². The molecule has 0 amide bonds. The predicted octanol–water partition coefficient (Wildman–Crippen LogP) is 9.83. The highest BCUT2D eigenvalue weighted by Gasteiger charge is 2.51. The normalized spacial score (nSPS) is 16.3. The highest BCUT2D eigenvalue weighted by atomic mass is 35.6. The molecule has 0 saturated heterocycles. The molecule has 2 aliphatic rings. The first-order chi connectivity index (χ1) is 47.5. The summed E-state index contributed by atoms with van der Waals surface area (Å²) in [6.07, 6.45) is 11.9. The summed E-state index contributed by atoms with van der Waals surface area (Å²) in [6, 6.07) is -1.04. The minimum absolute atomic E-state index is 0.0139. The van der Waals surface area contributed by atoms with Gasteiger partial charge in [-0.1, -0.05) is 38.5 Å². The Labute approximate surface area is 723 Å². The maximum atomic E-state index is 11.0. The van der Waals surface area contributed by atoms with Gasteiger partial charge in [-0.2, -0.15) is 58.9 Å². The molecular weight excluding hydrogens is 1990 g/mol. The average molecular weight is 2090 g/mol. The quantitative estimate of drug-likeness (QED) is 0.0235. The molecule has 2 unspecified atom stereocenters. The van der Waals surface area contributed by atoms with Crippen LogP contribution in [0, 0.1) is 0 Å². The minimum atomic E-state index is -4.22. The summed E-state index contributed by atoms with van der Waals surface area (Å²) in [5, 5.41) is 0. The molecule has 2 saturated carbocycles. The minimum Gasteiger partial charge on any atom is -0.285 e. The average Bonchev–Trinajstić information content (AvgIpc) is 0.778. The van der Waals surface area contributed by atoms with Gasteiger partial charge >= 0.3 is 0 Å². The Balaban J connectivity index is -0.000000174. The third-order valence-corrected chi connectivity index (χ3v) is 31.3. The van der Waals surface area contributed by atoms with Crippen LogP contribution >= 0.6 is 177 Å². The smallest absolute Gasteiger partial charge is 0.272 e. The highest BCUT2D eigenvalue weighted by molar-refractivity contribution is 7.91. The standard InChI is InChI=1S/C7H13Cl2NO3S.C7H14ClNO3S.C6H13Cl2NO3S.C6H14ClNO3S.C5H12ClNO2S.C4H9Cl2NO3S.C3H7Cl2NO3S.C3H7Cl2NO2S.C3H8ClNO3S.C3H8ClNO2S/c8-10(9)7(6-14(11,12)13)4-2-1-3-5-7;8-9-7(6-13(10,11)12)4-2-1-3-5-7;1-5(2,9(7)8)6(3,4)13(10,11)12;1-5(2,8-7)6(3,4)12(9,10)11;1-5(2,7-6)4-10(3,8)9;1-4(2,7(5)6)3-11(8,9)10;1-3(6(4)5)2-10(7,8)9;1-9(7,8)3-2-6(4)5;1-3(5-4)2-9(6,7)8;1-8(6,7)3-2-5-4/h1-6H2,(H,11,12,13);9H,1-6H2,(H,10,11,12);1-4H3,(H,10,11,12);8H,1-4H3,(H,9,10,11);7H,4H2,1-3H3;3H2,1-2H3,(H,8,9,10);3H,2H2,1H3,(H,7,8,9);2-3H2,1H3;3,5H,2H2,1H3,(H,6,7,8);5H,2-3H2,1H3. The second-order valence-corrected chi connectivity index (χ2v) is 50.9. The monoisotopic (exact) mass is 2090 g/mol. The molecule has 2 fully saturated rings. The zero-order chi connectivity index (χ0) is 89.7. The van der Waals surface area contributed by atoms with Crippen LogP contribution < -0.4 is 24.2 Å². The molecule has 2 atom stereocenters. The highest BCUT2D eigenvalue weighted by Crippen LogP contribution is 2.38. The van der Waals surface area contributed by atoms with Crippen LogP contribution in [0.3, 0.4) is 0 Å². The summed E-state index contributed by atoms with van der Waals surface area (Å²) >= 11 is 79.6. The molecule has 37 nitrogen and oxygen atoms in total. The molecular formula is C47H105Cl15N10O27S10. The van der Waals surface area contributed by atoms with Crippen molar-refractivity contribution < 1.29 is 116 Å². The van der Waals surface area contributed by atoms with Crippen LogP contribution in [0.1, 0.15) is 161 Å². The second kappa shape index (κ2) is 54.6. The van der Waals surface area contributed by atoms with E-state index in [4.69, 9.17) is 209 Å². The fraction of sp³-hybridized carbons (Fsp3) is 1.00. The predicted molar refractivity (Wildman–Crippen MR) is 442 cm³/mol. The maximum Gasteiger partial charge on any atom is 0.272 e. The van der Waals surface area contributed by atoms with E-state index >= 15 is 0 Å². The van der Waals surface area contributed by atoms with Crippen LogP contribution in [0.25, 0.3) is 0 Å². The summed E-state index contributed by atoms with van der Waals surface area (Å²) in [4.78, 5) is 11.6. The van der Waals surface area contributed by atoms with Crippen LogP contribution in [-0.4, -0.2) is 268 Å². The van der Waals surface area contributed by atoms with Crippen molar-refractivity contribution in [2.75, 3.05) is 77.9 Å². The molecule has 0 radical (unpaired) electrons. The summed E-state index contributed by atoms with van der Waals surface area (Å²) in [6.45, 7) is 21.6. The summed E-state index contributed by atoms with van der Waals surface area (Å²) in [5.41, 5.74) is -4.96. The molecule has 109 heavy (non-hydrogen) atoms. The van der Waals surface area contributed by atoms with E-state index in [2.05, 4.69) is 24.2 Å². The number of sulfone groups is 3. The van der Waals surface area contributed by atoms with E-state index < -0.39 is 172 Å². The number of nitrogens with one attached hydrogen (secondary N) is 5. The van der Waals surface area contributed by atoms with Gasteiger partial charge in [-0.3, -0.25) is 31.9 Å². The maximum absolute atomic E-state index is 11.0. The van der Waals surface area contributed by atoms with E-state index in [1.165, 1.54) is 74.8 Å². The lowest BCUT2D eigenvalue weighted by molar-refractivity contribution is 0.223. The number of halogens is 15. The van der Waals surface area contributed by atoms with Gasteiger partial charge in [-0.25, -0.2) is 49.4 Å². The first-order valence-electron chi connectivity index (χ1n) is 30.1. The van der Waals surface area contributed by atoms with Gasteiger partial charge in [0.1, 0.15) is 39.0 Å². The van der Waals surface area contributed by atoms with E-state index in [-0.39, 0.29) is 35.3 Å². The van der Waals surface area contributed by atoms with Crippen molar-refractivity contribution in [3.63, 3.8) is 0 Å².